The van der Waals surface area contributed by atoms with Crippen molar-refractivity contribution in [3.63, 3.8) is 0 Å². The number of piperidine rings is 1. The van der Waals surface area contributed by atoms with Gasteiger partial charge in [0.1, 0.15) is 0 Å². The normalized spacial score (nSPS) is 16.2. The zero-order valence-electron chi connectivity index (χ0n) is 15.2. The van der Waals surface area contributed by atoms with E-state index in [1.54, 1.807) is 19.3 Å². The van der Waals surface area contributed by atoms with Gasteiger partial charge in [-0.25, -0.2) is 0 Å². The van der Waals surface area contributed by atoms with Gasteiger partial charge in [0.05, 0.1) is 17.3 Å². The number of amides is 2. The molecule has 1 saturated heterocycles. The number of rotatable bonds is 4. The lowest BCUT2D eigenvalue weighted by molar-refractivity contribution is -0.129. The minimum atomic E-state index is -0.167. The van der Waals surface area contributed by atoms with Gasteiger partial charge in [-0.05, 0) is 44.0 Å². The SMILES string of the molecule is CC(=O)N1CCC(c2ccc(C(=O)N[C@@H](C)c3ccccn3)cn2)CC1. The maximum Gasteiger partial charge on any atom is 0.253 e. The Bertz CT molecular complexity index is 753. The van der Waals surface area contributed by atoms with Crippen LogP contribution < -0.4 is 5.32 Å². The number of hydrogen-bond donors (Lipinski definition) is 1. The Morgan fingerprint density at radius 1 is 1.15 bits per heavy atom. The highest BCUT2D eigenvalue weighted by atomic mass is 16.2. The second-order valence-electron chi connectivity index (χ2n) is 6.70. The molecule has 1 aliphatic heterocycles. The Kier molecular flexibility index (Phi) is 5.61. The Hall–Kier alpha value is -2.76. The average Bonchev–Trinajstić information content (AvgIpc) is 2.69. The van der Waals surface area contributed by atoms with Crippen LogP contribution in [-0.2, 0) is 4.79 Å². The molecule has 0 bridgehead atoms. The fourth-order valence-electron chi connectivity index (χ4n) is 3.26. The predicted octanol–water partition coefficient (Wildman–Crippen LogP) is 2.69. The van der Waals surface area contributed by atoms with E-state index in [9.17, 15) is 9.59 Å². The highest BCUT2D eigenvalue weighted by molar-refractivity contribution is 5.94. The van der Waals surface area contributed by atoms with E-state index in [-0.39, 0.29) is 17.9 Å². The molecule has 2 aromatic heterocycles. The number of hydrogen-bond acceptors (Lipinski definition) is 4. The predicted molar refractivity (Wildman–Crippen MR) is 98.6 cm³/mol. The van der Waals surface area contributed by atoms with Gasteiger partial charge in [0, 0.05) is 44.0 Å². The van der Waals surface area contributed by atoms with E-state index in [4.69, 9.17) is 0 Å². The molecule has 6 nitrogen and oxygen atoms in total. The zero-order valence-corrected chi connectivity index (χ0v) is 15.2. The summed E-state index contributed by atoms with van der Waals surface area (Å²) in [6, 6.07) is 9.22. The van der Waals surface area contributed by atoms with Gasteiger partial charge in [-0.2, -0.15) is 0 Å². The van der Waals surface area contributed by atoms with Crippen LogP contribution in [0.4, 0.5) is 0 Å². The first-order chi connectivity index (χ1) is 12.5. The smallest absolute Gasteiger partial charge is 0.253 e. The minimum Gasteiger partial charge on any atom is -0.344 e. The first-order valence-electron chi connectivity index (χ1n) is 8.98. The summed E-state index contributed by atoms with van der Waals surface area (Å²) >= 11 is 0. The molecule has 0 aliphatic carbocycles. The summed E-state index contributed by atoms with van der Waals surface area (Å²) in [6.45, 7) is 5.06. The van der Waals surface area contributed by atoms with Crippen molar-refractivity contribution in [1.29, 1.82) is 0 Å². The monoisotopic (exact) mass is 352 g/mol. The summed E-state index contributed by atoms with van der Waals surface area (Å²) in [5.74, 6) is 0.314. The molecule has 2 aromatic rings. The topological polar surface area (TPSA) is 75.2 Å². The number of nitrogens with zero attached hydrogens (tertiary/aromatic N) is 3. The number of carbonyl (C=O) groups is 2. The molecular weight excluding hydrogens is 328 g/mol. The van der Waals surface area contributed by atoms with Gasteiger partial charge in [0.15, 0.2) is 0 Å². The van der Waals surface area contributed by atoms with Gasteiger partial charge in [0.2, 0.25) is 5.91 Å². The van der Waals surface area contributed by atoms with Gasteiger partial charge in [-0.3, -0.25) is 19.6 Å². The largest absolute Gasteiger partial charge is 0.344 e. The summed E-state index contributed by atoms with van der Waals surface area (Å²) in [4.78, 5) is 34.5. The van der Waals surface area contributed by atoms with Gasteiger partial charge >= 0.3 is 0 Å². The van der Waals surface area contributed by atoms with Crippen molar-refractivity contribution in [1.82, 2.24) is 20.2 Å². The third-order valence-corrected chi connectivity index (χ3v) is 4.89. The molecule has 0 spiro atoms. The van der Waals surface area contributed by atoms with Crippen molar-refractivity contribution in [2.45, 2.75) is 38.6 Å². The van der Waals surface area contributed by atoms with Crippen LogP contribution in [0, 0.1) is 0 Å². The van der Waals surface area contributed by atoms with Crippen LogP contribution in [0.15, 0.2) is 42.7 Å². The van der Waals surface area contributed by atoms with Crippen LogP contribution >= 0.6 is 0 Å². The first kappa shape index (κ1) is 18.0. The van der Waals surface area contributed by atoms with E-state index in [0.717, 1.165) is 37.3 Å². The lowest BCUT2D eigenvalue weighted by Gasteiger charge is -2.31. The van der Waals surface area contributed by atoms with Crippen molar-refractivity contribution >= 4 is 11.8 Å². The molecule has 1 aliphatic rings. The summed E-state index contributed by atoms with van der Waals surface area (Å²) in [5.41, 5.74) is 2.35. The van der Waals surface area contributed by atoms with Crippen LogP contribution in [0.3, 0.4) is 0 Å². The summed E-state index contributed by atoms with van der Waals surface area (Å²) < 4.78 is 0. The number of likely N-dealkylation sites (tertiary alicyclic amines) is 1. The molecule has 6 heteroatoms. The maximum atomic E-state index is 12.4. The molecule has 1 fully saturated rings. The molecule has 0 radical (unpaired) electrons. The Balaban J connectivity index is 1.59. The minimum absolute atomic E-state index is 0.130. The van der Waals surface area contributed by atoms with Gasteiger partial charge in [-0.15, -0.1) is 0 Å². The standard InChI is InChI=1S/C20H24N4O2/c1-14(18-5-3-4-10-21-18)23-20(26)17-6-7-19(22-13-17)16-8-11-24(12-9-16)15(2)25/h3-7,10,13-14,16H,8-9,11-12H2,1-2H3,(H,23,26)/t14-/m0/s1. The molecule has 0 aromatic carbocycles. The van der Waals surface area contributed by atoms with Crippen LogP contribution in [0.2, 0.25) is 0 Å². The Labute approximate surface area is 153 Å². The molecule has 136 valence electrons. The molecule has 0 unspecified atom stereocenters. The zero-order chi connectivity index (χ0) is 18.5. The van der Waals surface area contributed by atoms with Gasteiger partial charge in [0.25, 0.3) is 5.91 Å². The van der Waals surface area contributed by atoms with E-state index in [1.807, 2.05) is 42.2 Å². The van der Waals surface area contributed by atoms with Crippen LogP contribution in [-0.4, -0.2) is 39.8 Å². The van der Waals surface area contributed by atoms with Crippen molar-refractivity contribution in [2.24, 2.45) is 0 Å². The summed E-state index contributed by atoms with van der Waals surface area (Å²) in [7, 11) is 0. The quantitative estimate of drug-likeness (QED) is 0.918. The fraction of sp³-hybridized carbons (Fsp3) is 0.400. The highest BCUT2D eigenvalue weighted by Gasteiger charge is 2.23. The molecule has 3 heterocycles. The van der Waals surface area contributed by atoms with Gasteiger partial charge < -0.3 is 10.2 Å². The number of nitrogens with one attached hydrogen (secondary N) is 1. The molecule has 3 rings (SSSR count). The van der Waals surface area contributed by atoms with E-state index in [2.05, 4.69) is 15.3 Å². The lowest BCUT2D eigenvalue weighted by Crippen LogP contribution is -2.36. The molecule has 1 atom stereocenters. The Morgan fingerprint density at radius 3 is 2.50 bits per heavy atom. The lowest BCUT2D eigenvalue weighted by atomic mass is 9.93. The van der Waals surface area contributed by atoms with Crippen LogP contribution in [0.5, 0.6) is 0 Å². The third kappa shape index (κ3) is 4.25. The van der Waals surface area contributed by atoms with Crippen LogP contribution in [0.1, 0.15) is 60.4 Å². The average molecular weight is 352 g/mol. The summed E-state index contributed by atoms with van der Waals surface area (Å²) in [5, 5.41) is 2.94. The second-order valence-corrected chi connectivity index (χ2v) is 6.70. The Morgan fingerprint density at radius 2 is 1.92 bits per heavy atom. The molecular formula is C20H24N4O2. The van der Waals surface area contributed by atoms with Crippen molar-refractivity contribution in [3.8, 4) is 0 Å². The maximum absolute atomic E-state index is 12.4. The van der Waals surface area contributed by atoms with Crippen molar-refractivity contribution < 1.29 is 9.59 Å². The van der Waals surface area contributed by atoms with Crippen molar-refractivity contribution in [2.75, 3.05) is 13.1 Å². The molecule has 0 saturated carbocycles. The van der Waals surface area contributed by atoms with E-state index in [1.165, 1.54) is 0 Å². The fourth-order valence-corrected chi connectivity index (χ4v) is 3.26. The molecule has 26 heavy (non-hydrogen) atoms. The van der Waals surface area contributed by atoms with Crippen molar-refractivity contribution in [3.05, 3.63) is 59.7 Å². The number of aromatic nitrogens is 2. The molecule has 1 N–H and O–H groups in total. The second kappa shape index (κ2) is 8.08. The van der Waals surface area contributed by atoms with E-state index < -0.39 is 0 Å². The number of carbonyl (C=O) groups excluding carboxylic acids is 2. The van der Waals surface area contributed by atoms with Gasteiger partial charge in [-0.1, -0.05) is 6.07 Å². The third-order valence-electron chi connectivity index (χ3n) is 4.89. The number of pyridine rings is 2. The first-order valence-corrected chi connectivity index (χ1v) is 8.98. The summed E-state index contributed by atoms with van der Waals surface area (Å²) in [6.07, 6.45) is 5.17. The van der Waals surface area contributed by atoms with E-state index >= 15 is 0 Å². The molecule has 2 amide bonds. The highest BCUT2D eigenvalue weighted by Crippen LogP contribution is 2.26. The van der Waals surface area contributed by atoms with Crippen LogP contribution in [0.25, 0.3) is 0 Å². The van der Waals surface area contributed by atoms with E-state index in [0.29, 0.717) is 11.5 Å².